The topological polar surface area (TPSA) is 80.4 Å². The molecule has 0 aromatic heterocycles. The van der Waals surface area contributed by atoms with E-state index in [9.17, 15) is 9.59 Å². The molecular formula is C8H15NO3. The Kier molecular flexibility index (Phi) is 4.51. The van der Waals surface area contributed by atoms with Crippen LogP contribution < -0.4 is 5.73 Å². The molecule has 0 radical (unpaired) electrons. The lowest BCUT2D eigenvalue weighted by atomic mass is 10.0. The number of rotatable bonds is 5. The maximum atomic E-state index is 11.0. The van der Waals surface area contributed by atoms with Crippen molar-refractivity contribution in [2.24, 2.45) is 11.7 Å². The molecule has 0 fully saturated rings. The van der Waals surface area contributed by atoms with E-state index in [0.717, 1.165) is 0 Å². The van der Waals surface area contributed by atoms with E-state index < -0.39 is 17.8 Å². The summed E-state index contributed by atoms with van der Waals surface area (Å²) < 4.78 is 0. The van der Waals surface area contributed by atoms with Crippen molar-refractivity contribution in [3.8, 4) is 0 Å². The Balaban J connectivity index is 3.80. The fourth-order valence-electron chi connectivity index (χ4n) is 0.724. The molecule has 70 valence electrons. The Hall–Kier alpha value is -0.900. The maximum absolute atomic E-state index is 11.0. The molecule has 0 heterocycles. The van der Waals surface area contributed by atoms with E-state index >= 15 is 0 Å². The van der Waals surface area contributed by atoms with Crippen molar-refractivity contribution >= 4 is 11.8 Å². The van der Waals surface area contributed by atoms with Crippen LogP contribution in [0.5, 0.6) is 0 Å². The molecule has 0 rings (SSSR count). The van der Waals surface area contributed by atoms with Gasteiger partial charge in [-0.05, 0) is 12.3 Å². The largest absolute Gasteiger partial charge is 0.480 e. The Morgan fingerprint density at radius 3 is 2.25 bits per heavy atom. The lowest BCUT2D eigenvalue weighted by Crippen LogP contribution is -2.38. The van der Waals surface area contributed by atoms with Crippen LogP contribution in [0.25, 0.3) is 0 Å². The second-order valence-corrected chi connectivity index (χ2v) is 3.21. The van der Waals surface area contributed by atoms with Crippen LogP contribution in [-0.2, 0) is 9.59 Å². The number of carbonyl (C=O) groups is 2. The molecule has 0 aromatic carbocycles. The number of hydrogen-bond donors (Lipinski definition) is 2. The predicted molar refractivity (Wildman–Crippen MR) is 44.7 cm³/mol. The van der Waals surface area contributed by atoms with Gasteiger partial charge in [0, 0.05) is 6.42 Å². The van der Waals surface area contributed by atoms with Crippen LogP contribution in [0.15, 0.2) is 0 Å². The van der Waals surface area contributed by atoms with Gasteiger partial charge >= 0.3 is 5.97 Å². The van der Waals surface area contributed by atoms with Crippen LogP contribution in [0.2, 0.25) is 0 Å². The number of ketones is 1. The van der Waals surface area contributed by atoms with Crippen molar-refractivity contribution in [2.75, 3.05) is 0 Å². The molecule has 0 saturated carbocycles. The fraction of sp³-hybridized carbons (Fsp3) is 0.750. The van der Waals surface area contributed by atoms with Crippen molar-refractivity contribution in [3.05, 3.63) is 0 Å². The summed E-state index contributed by atoms with van der Waals surface area (Å²) in [6, 6.07) is -1.34. The molecule has 4 heteroatoms. The smallest absolute Gasteiger partial charge is 0.328 e. The molecule has 0 bridgehead atoms. The van der Waals surface area contributed by atoms with Gasteiger partial charge in [-0.1, -0.05) is 13.8 Å². The van der Waals surface area contributed by atoms with Crippen molar-refractivity contribution < 1.29 is 14.7 Å². The van der Waals surface area contributed by atoms with Gasteiger partial charge in [-0.25, -0.2) is 0 Å². The van der Waals surface area contributed by atoms with Gasteiger partial charge in [-0.2, -0.15) is 0 Å². The summed E-state index contributed by atoms with van der Waals surface area (Å²) in [5, 5.41) is 8.37. The van der Waals surface area contributed by atoms with Gasteiger partial charge in [0.2, 0.25) is 0 Å². The Morgan fingerprint density at radius 1 is 1.42 bits per heavy atom. The van der Waals surface area contributed by atoms with Crippen LogP contribution in [0.3, 0.4) is 0 Å². The third kappa shape index (κ3) is 4.08. The van der Waals surface area contributed by atoms with Crippen LogP contribution in [0.4, 0.5) is 0 Å². The molecule has 0 aliphatic carbocycles. The van der Waals surface area contributed by atoms with E-state index in [0.29, 0.717) is 12.3 Å². The second kappa shape index (κ2) is 4.87. The number of hydrogen-bond acceptors (Lipinski definition) is 3. The van der Waals surface area contributed by atoms with Gasteiger partial charge < -0.3 is 10.8 Å². The minimum absolute atomic E-state index is 0.255. The van der Waals surface area contributed by atoms with Crippen LogP contribution in [-0.4, -0.2) is 22.9 Å². The van der Waals surface area contributed by atoms with Crippen LogP contribution in [0.1, 0.15) is 26.7 Å². The lowest BCUT2D eigenvalue weighted by molar-refractivity contribution is -0.142. The first-order valence-corrected chi connectivity index (χ1v) is 3.96. The zero-order valence-corrected chi connectivity index (χ0v) is 7.41. The summed E-state index contributed by atoms with van der Waals surface area (Å²) in [4.78, 5) is 21.2. The quantitative estimate of drug-likeness (QED) is 0.590. The first-order chi connectivity index (χ1) is 5.45. The monoisotopic (exact) mass is 173 g/mol. The fourth-order valence-corrected chi connectivity index (χ4v) is 0.724. The van der Waals surface area contributed by atoms with Gasteiger partial charge in [-0.15, -0.1) is 0 Å². The second-order valence-electron chi connectivity index (χ2n) is 3.21. The van der Waals surface area contributed by atoms with Crippen molar-refractivity contribution in [1.82, 2.24) is 0 Å². The lowest BCUT2D eigenvalue weighted by Gasteiger charge is -2.06. The molecular weight excluding hydrogens is 158 g/mol. The molecule has 12 heavy (non-hydrogen) atoms. The highest BCUT2D eigenvalue weighted by Crippen LogP contribution is 2.04. The number of carbonyl (C=O) groups excluding carboxylic acids is 1. The van der Waals surface area contributed by atoms with Gasteiger partial charge in [0.25, 0.3) is 0 Å². The first kappa shape index (κ1) is 11.1. The maximum Gasteiger partial charge on any atom is 0.328 e. The zero-order chi connectivity index (χ0) is 9.72. The van der Waals surface area contributed by atoms with Crippen LogP contribution in [0, 0.1) is 5.92 Å². The van der Waals surface area contributed by atoms with Crippen molar-refractivity contribution in [3.63, 3.8) is 0 Å². The summed E-state index contributed by atoms with van der Waals surface area (Å²) in [5.74, 6) is -1.24. The number of Topliss-reactive ketones (excluding diaryl/α,β-unsaturated/α-hetero) is 1. The standard InChI is InChI=1S/C8H15NO3/c1-5(2)3-4-6(10)7(9)8(11)12/h5,7H,3-4,9H2,1-2H3,(H,11,12). The average Bonchev–Trinajstić information content (AvgIpc) is 1.98. The SMILES string of the molecule is CC(C)CCC(=O)C(N)C(=O)O. The zero-order valence-electron chi connectivity index (χ0n) is 7.41. The van der Waals surface area contributed by atoms with Crippen molar-refractivity contribution in [1.29, 1.82) is 0 Å². The third-order valence-electron chi connectivity index (χ3n) is 1.58. The van der Waals surface area contributed by atoms with E-state index in [1.807, 2.05) is 13.8 Å². The molecule has 1 atom stereocenters. The number of nitrogens with two attached hydrogens (primary N) is 1. The normalized spacial score (nSPS) is 13.0. The van der Waals surface area contributed by atoms with E-state index in [4.69, 9.17) is 10.8 Å². The number of carboxylic acid groups (broad SMARTS) is 1. The van der Waals surface area contributed by atoms with Gasteiger partial charge in [-0.3, -0.25) is 9.59 Å². The highest BCUT2D eigenvalue weighted by Gasteiger charge is 2.20. The van der Waals surface area contributed by atoms with E-state index in [1.165, 1.54) is 0 Å². The Bertz CT molecular complexity index is 177. The Morgan fingerprint density at radius 2 is 1.92 bits per heavy atom. The van der Waals surface area contributed by atoms with Gasteiger partial charge in [0.15, 0.2) is 11.8 Å². The van der Waals surface area contributed by atoms with E-state index in [2.05, 4.69) is 0 Å². The van der Waals surface area contributed by atoms with E-state index in [1.54, 1.807) is 0 Å². The Labute approximate surface area is 71.8 Å². The van der Waals surface area contributed by atoms with E-state index in [-0.39, 0.29) is 6.42 Å². The van der Waals surface area contributed by atoms with Gasteiger partial charge in [0.05, 0.1) is 0 Å². The molecule has 0 amide bonds. The summed E-state index contributed by atoms with van der Waals surface area (Å²) in [7, 11) is 0. The van der Waals surface area contributed by atoms with Crippen LogP contribution >= 0.6 is 0 Å². The summed E-state index contributed by atoms with van der Waals surface area (Å²) in [5.41, 5.74) is 5.10. The minimum Gasteiger partial charge on any atom is -0.480 e. The predicted octanol–water partition coefficient (Wildman–Crippen LogP) is 0.404. The third-order valence-corrected chi connectivity index (χ3v) is 1.58. The summed E-state index contributed by atoms with van der Waals surface area (Å²) in [6.45, 7) is 3.94. The first-order valence-electron chi connectivity index (χ1n) is 3.96. The summed E-state index contributed by atoms with van der Waals surface area (Å²) >= 11 is 0. The average molecular weight is 173 g/mol. The molecule has 0 aromatic rings. The van der Waals surface area contributed by atoms with Crippen molar-refractivity contribution in [2.45, 2.75) is 32.7 Å². The molecule has 0 aliphatic rings. The molecule has 4 nitrogen and oxygen atoms in total. The number of aliphatic carboxylic acids is 1. The minimum atomic E-state index is -1.34. The number of carboxylic acids is 1. The molecule has 0 saturated heterocycles. The highest BCUT2D eigenvalue weighted by atomic mass is 16.4. The molecule has 1 unspecified atom stereocenters. The molecule has 0 aliphatic heterocycles. The summed E-state index contributed by atoms with van der Waals surface area (Å²) in [6.07, 6.45) is 0.949. The molecule has 3 N–H and O–H groups in total. The van der Waals surface area contributed by atoms with Gasteiger partial charge in [0.1, 0.15) is 0 Å². The highest BCUT2D eigenvalue weighted by molar-refractivity contribution is 6.01. The molecule has 0 spiro atoms.